The molecule has 0 aliphatic rings. The predicted octanol–water partition coefficient (Wildman–Crippen LogP) is -0.837. The number of rotatable bonds is 8. The van der Waals surface area contributed by atoms with Gasteiger partial charge in [0.05, 0.1) is 6.61 Å². The van der Waals surface area contributed by atoms with Crippen molar-refractivity contribution in [2.75, 3.05) is 6.61 Å². The van der Waals surface area contributed by atoms with Crippen LogP contribution in [0, 0.1) is 0 Å². The summed E-state index contributed by atoms with van der Waals surface area (Å²) in [5.74, 6) is -0.352. The highest BCUT2D eigenvalue weighted by Crippen LogP contribution is 2.08. The highest BCUT2D eigenvalue weighted by molar-refractivity contribution is 5.73. The van der Waals surface area contributed by atoms with Gasteiger partial charge in [0.15, 0.2) is 12.4 Å². The Kier molecular flexibility index (Phi) is 19.3. The number of ketones is 2. The van der Waals surface area contributed by atoms with Crippen molar-refractivity contribution in [3.63, 3.8) is 0 Å². The van der Waals surface area contributed by atoms with Gasteiger partial charge in [-0.15, -0.1) is 0 Å². The molecule has 0 fully saturated rings. The smallest absolute Gasteiger partial charge is 0.306 e. The summed E-state index contributed by atoms with van der Waals surface area (Å²) in [5, 5.41) is 36.4. The first-order valence-electron chi connectivity index (χ1n) is 7.68. The molecule has 0 aromatic heterocycles. The van der Waals surface area contributed by atoms with Crippen molar-refractivity contribution in [3.8, 4) is 0 Å². The van der Waals surface area contributed by atoms with Gasteiger partial charge in [-0.2, -0.15) is 0 Å². The van der Waals surface area contributed by atoms with Gasteiger partial charge in [0, 0.05) is 6.42 Å². The van der Waals surface area contributed by atoms with E-state index in [9.17, 15) is 29.4 Å². The maximum absolute atomic E-state index is 11.1. The fourth-order valence-corrected chi connectivity index (χ4v) is 1.12. The Morgan fingerprint density at radius 1 is 0.960 bits per heavy atom. The zero-order valence-corrected chi connectivity index (χ0v) is 15.3. The first-order valence-corrected chi connectivity index (χ1v) is 7.68. The molecule has 0 amide bonds. The van der Waals surface area contributed by atoms with Gasteiger partial charge in [-0.3, -0.25) is 9.59 Å². The fourth-order valence-electron chi connectivity index (χ4n) is 1.12. The Balaban J connectivity index is -0.000000503. The van der Waals surface area contributed by atoms with Crippen LogP contribution in [0.2, 0.25) is 0 Å². The van der Waals surface area contributed by atoms with Crippen LogP contribution in [0.15, 0.2) is 0 Å². The van der Waals surface area contributed by atoms with E-state index in [0.29, 0.717) is 6.42 Å². The predicted molar refractivity (Wildman–Crippen MR) is 88.7 cm³/mol. The molecule has 0 bridgehead atoms. The lowest BCUT2D eigenvalue weighted by Crippen LogP contribution is -2.48. The minimum atomic E-state index is -1.78. The number of carbonyl (C=O) groups excluding carboxylic acids is 4. The quantitative estimate of drug-likeness (QED) is 0.317. The first kappa shape index (κ1) is 28.1. The Morgan fingerprint density at radius 3 is 1.64 bits per heavy atom. The van der Waals surface area contributed by atoms with Crippen LogP contribution in [0.25, 0.3) is 0 Å². The molecule has 25 heavy (non-hydrogen) atoms. The average Bonchev–Trinajstić information content (AvgIpc) is 2.49. The molecule has 0 unspecified atom stereocenters. The normalized spacial score (nSPS) is 14.3. The number of aliphatic hydroxyl groups is 4. The standard InChI is InChI=1S/C10H18O7.2C3H6O/c1-2-3-8(14)17-7(5-12)10(16)9(15)6(13)4-11;2*1-3(2)4/h5-7,9-11,13,15-16H,2-4H2,1H3;2*1-2H3/t6-,7+,9-,10-;;/m1../s1. The molecular weight excluding hydrogens is 336 g/mol. The maximum atomic E-state index is 11.1. The molecule has 0 heterocycles. The molecule has 9 heteroatoms. The van der Waals surface area contributed by atoms with E-state index in [1.165, 1.54) is 27.7 Å². The van der Waals surface area contributed by atoms with Gasteiger partial charge < -0.3 is 34.8 Å². The largest absolute Gasteiger partial charge is 0.452 e. The Hall–Kier alpha value is -1.68. The van der Waals surface area contributed by atoms with Crippen LogP contribution < -0.4 is 0 Å². The highest BCUT2D eigenvalue weighted by atomic mass is 16.6. The number of Topliss-reactive ketones (excluding diaryl/α,β-unsaturated/α-hetero) is 2. The summed E-state index contributed by atoms with van der Waals surface area (Å²) in [6, 6.07) is 0. The second kappa shape index (κ2) is 17.2. The summed E-state index contributed by atoms with van der Waals surface area (Å²) in [5.41, 5.74) is 0. The van der Waals surface area contributed by atoms with Gasteiger partial charge in [-0.25, -0.2) is 0 Å². The van der Waals surface area contributed by atoms with Crippen molar-refractivity contribution < 1.29 is 44.3 Å². The van der Waals surface area contributed by atoms with Crippen molar-refractivity contribution in [2.45, 2.75) is 71.9 Å². The van der Waals surface area contributed by atoms with Gasteiger partial charge in [-0.05, 0) is 34.1 Å². The van der Waals surface area contributed by atoms with Crippen LogP contribution in [0.5, 0.6) is 0 Å². The Bertz CT molecular complexity index is 375. The lowest BCUT2D eigenvalue weighted by Gasteiger charge is -2.25. The molecule has 0 saturated carbocycles. The van der Waals surface area contributed by atoms with E-state index in [-0.39, 0.29) is 24.3 Å². The molecule has 4 N–H and O–H groups in total. The van der Waals surface area contributed by atoms with Gasteiger partial charge in [0.1, 0.15) is 29.9 Å². The number of carbonyl (C=O) groups is 4. The van der Waals surface area contributed by atoms with E-state index in [1.807, 2.05) is 0 Å². The lowest BCUT2D eigenvalue weighted by molar-refractivity contribution is -0.168. The van der Waals surface area contributed by atoms with Crippen LogP contribution in [0.4, 0.5) is 0 Å². The molecule has 0 spiro atoms. The molecule has 0 rings (SSSR count). The summed E-state index contributed by atoms with van der Waals surface area (Å²) < 4.78 is 4.61. The molecular formula is C16H30O9. The van der Waals surface area contributed by atoms with E-state index in [0.717, 1.165) is 0 Å². The second-order valence-electron chi connectivity index (χ2n) is 5.39. The van der Waals surface area contributed by atoms with Gasteiger partial charge in [-0.1, -0.05) is 6.92 Å². The molecule has 0 aliphatic heterocycles. The second-order valence-corrected chi connectivity index (χ2v) is 5.39. The molecule has 0 saturated heterocycles. The average molecular weight is 366 g/mol. The SMILES string of the molecule is CC(C)=O.CC(C)=O.CCCC(=O)O[C@@H](C=O)[C@@H](O)[C@H](O)[C@H](O)CO. The number of hydrogen-bond acceptors (Lipinski definition) is 9. The zero-order valence-electron chi connectivity index (χ0n) is 15.3. The summed E-state index contributed by atoms with van der Waals surface area (Å²) >= 11 is 0. The molecule has 0 radical (unpaired) electrons. The molecule has 9 nitrogen and oxygen atoms in total. The van der Waals surface area contributed by atoms with E-state index < -0.39 is 37.0 Å². The van der Waals surface area contributed by atoms with Crippen molar-refractivity contribution >= 4 is 23.8 Å². The van der Waals surface area contributed by atoms with Crippen LogP contribution in [0.3, 0.4) is 0 Å². The molecule has 0 aliphatic carbocycles. The first-order chi connectivity index (χ1) is 11.4. The van der Waals surface area contributed by atoms with Gasteiger partial charge in [0.2, 0.25) is 0 Å². The fraction of sp³-hybridized carbons (Fsp3) is 0.750. The number of aliphatic hydroxyl groups excluding tert-OH is 4. The van der Waals surface area contributed by atoms with E-state index in [1.54, 1.807) is 6.92 Å². The van der Waals surface area contributed by atoms with E-state index in [2.05, 4.69) is 4.74 Å². The zero-order chi connectivity index (χ0) is 20.6. The summed E-state index contributed by atoms with van der Waals surface area (Å²) in [6.45, 7) is 7.06. The van der Waals surface area contributed by atoms with E-state index >= 15 is 0 Å². The van der Waals surface area contributed by atoms with Gasteiger partial charge in [0.25, 0.3) is 0 Å². The summed E-state index contributed by atoms with van der Waals surface area (Å²) in [4.78, 5) is 40.6. The maximum Gasteiger partial charge on any atom is 0.306 e. The Labute approximate surface area is 147 Å². The number of esters is 1. The van der Waals surface area contributed by atoms with Crippen LogP contribution in [0.1, 0.15) is 47.5 Å². The molecule has 4 atom stereocenters. The van der Waals surface area contributed by atoms with Crippen molar-refractivity contribution in [2.24, 2.45) is 0 Å². The minimum Gasteiger partial charge on any atom is -0.452 e. The lowest BCUT2D eigenvalue weighted by atomic mass is 10.0. The monoisotopic (exact) mass is 366 g/mol. The van der Waals surface area contributed by atoms with Crippen molar-refractivity contribution in [3.05, 3.63) is 0 Å². The van der Waals surface area contributed by atoms with Crippen molar-refractivity contribution in [1.82, 2.24) is 0 Å². The highest BCUT2D eigenvalue weighted by Gasteiger charge is 2.33. The Morgan fingerprint density at radius 2 is 1.36 bits per heavy atom. The number of aldehydes is 1. The molecule has 0 aromatic rings. The van der Waals surface area contributed by atoms with E-state index in [4.69, 9.17) is 10.2 Å². The minimum absolute atomic E-state index is 0.0791. The number of hydrogen-bond donors (Lipinski definition) is 4. The van der Waals surface area contributed by atoms with Crippen molar-refractivity contribution in [1.29, 1.82) is 0 Å². The van der Waals surface area contributed by atoms with Crippen LogP contribution in [-0.4, -0.2) is 75.3 Å². The topological polar surface area (TPSA) is 158 Å². The van der Waals surface area contributed by atoms with Gasteiger partial charge >= 0.3 is 5.97 Å². The molecule has 148 valence electrons. The van der Waals surface area contributed by atoms with Crippen LogP contribution in [-0.2, 0) is 23.9 Å². The van der Waals surface area contributed by atoms with Crippen LogP contribution >= 0.6 is 0 Å². The third-order valence-electron chi connectivity index (χ3n) is 2.12. The number of ether oxygens (including phenoxy) is 1. The summed E-state index contributed by atoms with van der Waals surface area (Å²) in [6.07, 6.45) is -5.98. The molecule has 0 aromatic carbocycles. The summed E-state index contributed by atoms with van der Waals surface area (Å²) in [7, 11) is 0. The third kappa shape index (κ3) is 20.3. The third-order valence-corrected chi connectivity index (χ3v) is 2.12.